The third-order valence-corrected chi connectivity index (χ3v) is 9.08. The van der Waals surface area contributed by atoms with Gasteiger partial charge in [-0.05, 0) is 57.2 Å². The first kappa shape index (κ1) is 24.9. The first-order valence-corrected chi connectivity index (χ1v) is 15.0. The van der Waals surface area contributed by atoms with Gasteiger partial charge in [-0.15, -0.1) is 0 Å². The van der Waals surface area contributed by atoms with Crippen LogP contribution in [0.2, 0.25) is 0 Å². The number of carbonyl (C=O) groups excluding carboxylic acids is 1. The summed E-state index contributed by atoms with van der Waals surface area (Å²) >= 11 is 0. The number of anilines is 3. The van der Waals surface area contributed by atoms with Crippen LogP contribution in [0.4, 0.5) is 21.7 Å². The number of nitrogens with one attached hydrogen (secondary N) is 1. The molecule has 5 heterocycles. The second kappa shape index (κ2) is 9.72. The molecule has 2 fully saturated rings. The van der Waals surface area contributed by atoms with Crippen molar-refractivity contribution in [2.45, 2.75) is 45.1 Å². The Morgan fingerprint density at radius 2 is 1.89 bits per heavy atom. The smallest absolute Gasteiger partial charge is 0.256 e. The van der Waals surface area contributed by atoms with Gasteiger partial charge in [0.15, 0.2) is 5.65 Å². The molecule has 0 saturated carbocycles. The Balaban J connectivity index is 1.52. The van der Waals surface area contributed by atoms with Crippen molar-refractivity contribution in [3.8, 4) is 0 Å². The third kappa shape index (κ3) is 4.55. The van der Waals surface area contributed by atoms with E-state index in [1.165, 1.54) is 12.1 Å². The molecule has 0 spiro atoms. The fraction of sp³-hybridized carbons (Fsp3) is 0.500. The summed E-state index contributed by atoms with van der Waals surface area (Å²) in [5, 5.41) is 4.96. The molecule has 2 aromatic heterocycles. The molecular formula is C26H32FN7O3S. The average Bonchev–Trinajstić information content (AvgIpc) is 3.29. The number of hydrogen-bond donors (Lipinski definition) is 1. The van der Waals surface area contributed by atoms with E-state index >= 15 is 0 Å². The Bertz CT molecular complexity index is 1490. The van der Waals surface area contributed by atoms with Crippen LogP contribution in [-0.2, 0) is 10.0 Å². The molecule has 0 radical (unpaired) electrons. The van der Waals surface area contributed by atoms with Crippen LogP contribution in [0, 0.1) is 5.82 Å². The molecule has 3 aromatic rings. The van der Waals surface area contributed by atoms with E-state index in [0.717, 1.165) is 55.7 Å². The van der Waals surface area contributed by atoms with Gasteiger partial charge in [0, 0.05) is 44.9 Å². The molecule has 1 amide bonds. The molecule has 12 heteroatoms. The molecule has 0 aliphatic carbocycles. The minimum Gasteiger partial charge on any atom is -0.357 e. The van der Waals surface area contributed by atoms with E-state index in [1.807, 2.05) is 23.6 Å². The number of rotatable bonds is 2. The fourth-order valence-electron chi connectivity index (χ4n) is 5.58. The molecule has 1 N–H and O–H groups in total. The number of piperidine rings is 1. The van der Waals surface area contributed by atoms with Crippen molar-refractivity contribution in [3.63, 3.8) is 0 Å². The van der Waals surface area contributed by atoms with Gasteiger partial charge in [-0.25, -0.2) is 17.8 Å². The Kier molecular flexibility index (Phi) is 6.37. The highest BCUT2D eigenvalue weighted by atomic mass is 32.2. The minimum atomic E-state index is -3.78. The summed E-state index contributed by atoms with van der Waals surface area (Å²) in [6, 6.07) is 7.27. The predicted octanol–water partition coefficient (Wildman–Crippen LogP) is 3.42. The van der Waals surface area contributed by atoms with Crippen LogP contribution >= 0.6 is 0 Å². The summed E-state index contributed by atoms with van der Waals surface area (Å²) in [5.74, 6) is 0.577. The molecule has 1 unspecified atom stereocenters. The quantitative estimate of drug-likeness (QED) is 0.530. The SMILES string of the molecule is CCN1CCCS(=O)(=O)Nc2ccc(F)cc2C(=O)N2CCCCC2c2cc3nc(N4CCC4)cc1n3n2. The highest BCUT2D eigenvalue weighted by Crippen LogP contribution is 2.35. The van der Waals surface area contributed by atoms with E-state index in [0.29, 0.717) is 38.1 Å². The number of hydrogen-bond acceptors (Lipinski definition) is 7. The van der Waals surface area contributed by atoms with Crippen molar-refractivity contribution in [1.82, 2.24) is 19.5 Å². The summed E-state index contributed by atoms with van der Waals surface area (Å²) in [5.41, 5.74) is 1.54. The molecule has 3 aliphatic heterocycles. The second-order valence-corrected chi connectivity index (χ2v) is 12.0. The summed E-state index contributed by atoms with van der Waals surface area (Å²) in [7, 11) is -3.78. The summed E-state index contributed by atoms with van der Waals surface area (Å²) in [4.78, 5) is 24.8. The second-order valence-electron chi connectivity index (χ2n) is 10.2. The largest absolute Gasteiger partial charge is 0.357 e. The lowest BCUT2D eigenvalue weighted by atomic mass is 9.98. The van der Waals surface area contributed by atoms with Crippen molar-refractivity contribution >= 4 is 38.9 Å². The number of carbonyl (C=O) groups is 1. The standard InChI is InChI=1S/C26H32FN7O3S/c1-2-31-12-6-14-38(36,37)30-20-9-8-18(27)15-19(20)26(35)33-13-4-3-7-22(33)21-16-24-28-23(32-10-5-11-32)17-25(31)34(24)29-21/h8-9,15-17,22,30H,2-7,10-14H2,1H3. The van der Waals surface area contributed by atoms with Crippen LogP contribution in [0.3, 0.4) is 0 Å². The summed E-state index contributed by atoms with van der Waals surface area (Å²) in [6.07, 6.45) is 3.91. The molecule has 6 rings (SSSR count). The highest BCUT2D eigenvalue weighted by molar-refractivity contribution is 7.92. The van der Waals surface area contributed by atoms with Gasteiger partial charge in [0.05, 0.1) is 28.7 Å². The van der Waals surface area contributed by atoms with Crippen LogP contribution < -0.4 is 14.5 Å². The normalized spacial score (nSPS) is 21.8. The Morgan fingerprint density at radius 1 is 1.05 bits per heavy atom. The topological polar surface area (TPSA) is 103 Å². The van der Waals surface area contributed by atoms with Gasteiger partial charge in [-0.1, -0.05) is 0 Å². The zero-order chi connectivity index (χ0) is 26.4. The maximum absolute atomic E-state index is 14.3. The first-order chi connectivity index (χ1) is 18.3. The van der Waals surface area contributed by atoms with Crippen molar-refractivity contribution in [3.05, 3.63) is 47.4 Å². The van der Waals surface area contributed by atoms with Gasteiger partial charge in [0.2, 0.25) is 10.0 Å². The Hall–Kier alpha value is -3.41. The number of halogens is 1. The first-order valence-electron chi connectivity index (χ1n) is 13.3. The predicted molar refractivity (Wildman–Crippen MR) is 144 cm³/mol. The average molecular weight is 542 g/mol. The van der Waals surface area contributed by atoms with Gasteiger partial charge in [0.25, 0.3) is 5.91 Å². The Labute approximate surface area is 221 Å². The van der Waals surface area contributed by atoms with E-state index in [9.17, 15) is 17.6 Å². The lowest BCUT2D eigenvalue weighted by Crippen LogP contribution is -2.39. The van der Waals surface area contributed by atoms with Crippen molar-refractivity contribution < 1.29 is 17.6 Å². The maximum Gasteiger partial charge on any atom is 0.256 e. The molecule has 1 atom stereocenters. The number of aromatic nitrogens is 3. The van der Waals surface area contributed by atoms with E-state index in [2.05, 4.69) is 14.5 Å². The number of amides is 1. The number of fused-ring (bicyclic) bond motifs is 4. The number of benzene rings is 1. The van der Waals surface area contributed by atoms with Gasteiger partial charge in [0.1, 0.15) is 17.5 Å². The monoisotopic (exact) mass is 541 g/mol. The third-order valence-electron chi connectivity index (χ3n) is 7.72. The summed E-state index contributed by atoms with van der Waals surface area (Å²) < 4.78 is 44.8. The number of sulfonamides is 1. The summed E-state index contributed by atoms with van der Waals surface area (Å²) in [6.45, 7) is 5.56. The van der Waals surface area contributed by atoms with Crippen LogP contribution in [0.25, 0.3) is 5.65 Å². The highest BCUT2D eigenvalue weighted by Gasteiger charge is 2.33. The molecule has 3 aliphatic rings. The van der Waals surface area contributed by atoms with E-state index in [1.54, 1.807) is 4.90 Å². The molecular weight excluding hydrogens is 509 g/mol. The molecule has 2 saturated heterocycles. The molecule has 1 aromatic carbocycles. The Morgan fingerprint density at radius 3 is 2.66 bits per heavy atom. The lowest BCUT2D eigenvalue weighted by Gasteiger charge is -2.35. The molecule has 38 heavy (non-hydrogen) atoms. The maximum atomic E-state index is 14.3. The van der Waals surface area contributed by atoms with Crippen LogP contribution in [0.1, 0.15) is 61.1 Å². The van der Waals surface area contributed by atoms with Crippen LogP contribution in [-0.4, -0.2) is 72.3 Å². The zero-order valence-electron chi connectivity index (χ0n) is 21.4. The van der Waals surface area contributed by atoms with Gasteiger partial charge >= 0.3 is 0 Å². The van der Waals surface area contributed by atoms with Crippen LogP contribution in [0.15, 0.2) is 30.3 Å². The van der Waals surface area contributed by atoms with E-state index in [4.69, 9.17) is 10.1 Å². The molecule has 10 nitrogen and oxygen atoms in total. The van der Waals surface area contributed by atoms with E-state index < -0.39 is 21.7 Å². The minimum absolute atomic E-state index is 0.00757. The van der Waals surface area contributed by atoms with Gasteiger partial charge in [-0.3, -0.25) is 9.52 Å². The molecule has 202 valence electrons. The van der Waals surface area contributed by atoms with Crippen molar-refractivity contribution in [2.75, 3.05) is 53.0 Å². The van der Waals surface area contributed by atoms with Gasteiger partial charge in [-0.2, -0.15) is 9.61 Å². The zero-order valence-corrected chi connectivity index (χ0v) is 22.3. The lowest BCUT2D eigenvalue weighted by molar-refractivity contribution is 0.0606. The molecule has 2 bridgehead atoms. The number of nitrogens with zero attached hydrogens (tertiary/aromatic N) is 6. The fourth-order valence-corrected chi connectivity index (χ4v) is 6.70. The van der Waals surface area contributed by atoms with Gasteiger partial charge < -0.3 is 14.7 Å². The van der Waals surface area contributed by atoms with Crippen LogP contribution in [0.5, 0.6) is 0 Å². The van der Waals surface area contributed by atoms with Crippen molar-refractivity contribution in [2.24, 2.45) is 0 Å². The van der Waals surface area contributed by atoms with E-state index in [-0.39, 0.29) is 23.0 Å². The van der Waals surface area contributed by atoms with Crippen molar-refractivity contribution in [1.29, 1.82) is 0 Å².